The topological polar surface area (TPSA) is 12.9 Å². The maximum absolute atomic E-state index is 4.54. The summed E-state index contributed by atoms with van der Waals surface area (Å²) in [6, 6.07) is 24.5. The van der Waals surface area contributed by atoms with Gasteiger partial charge in [0.15, 0.2) is 0 Å². The largest absolute Gasteiger partial charge is 0.255 e. The molecule has 0 unspecified atom stereocenters. The highest BCUT2D eigenvalue weighted by atomic mass is 32.1. The number of benzene rings is 2. The van der Waals surface area contributed by atoms with E-state index in [9.17, 15) is 0 Å². The zero-order valence-electron chi connectivity index (χ0n) is 21.3. The maximum atomic E-state index is 4.54. The maximum Gasteiger partial charge on any atom is 0.255 e. The molecule has 3 aromatic heterocycles. The van der Waals surface area contributed by atoms with Crippen molar-refractivity contribution in [3.63, 3.8) is 0 Å². The molecule has 35 heavy (non-hydrogen) atoms. The van der Waals surface area contributed by atoms with Crippen LogP contribution in [0, 0.1) is 41.5 Å². The molecular weight excluding hydrogens is 461 g/mol. The standard InChI is InChI=1S/C31H30BNS2/c1-19-15-21(3)30(22(4)16-19)32(31-23(5)17-20(2)18-24(31)6)29-13-12-28(35-29)27-11-10-26(34-27)25-9-7-8-14-33-25/h7-18H,1-6H3. The molecule has 0 amide bonds. The fraction of sp³-hybridized carbons (Fsp3) is 0.194. The van der Waals surface area contributed by atoms with E-state index in [2.05, 4.69) is 101 Å². The second-order valence-corrected chi connectivity index (χ2v) is 11.8. The van der Waals surface area contributed by atoms with Crippen LogP contribution in [0.4, 0.5) is 0 Å². The molecular formula is C31H30BNS2. The molecule has 2 aromatic carbocycles. The molecule has 0 atom stereocenters. The van der Waals surface area contributed by atoms with Crippen LogP contribution in [0.1, 0.15) is 33.4 Å². The molecule has 0 aliphatic carbocycles. The van der Waals surface area contributed by atoms with Crippen molar-refractivity contribution in [3.8, 4) is 20.3 Å². The monoisotopic (exact) mass is 491 g/mol. The van der Waals surface area contributed by atoms with E-state index < -0.39 is 0 Å². The third kappa shape index (κ3) is 4.65. The summed E-state index contributed by atoms with van der Waals surface area (Å²) in [4.78, 5) is 8.37. The van der Waals surface area contributed by atoms with Gasteiger partial charge in [0.1, 0.15) is 0 Å². The van der Waals surface area contributed by atoms with Crippen molar-refractivity contribution in [3.05, 3.63) is 106 Å². The van der Waals surface area contributed by atoms with Crippen LogP contribution in [0.3, 0.4) is 0 Å². The average Bonchev–Trinajstić information content (AvgIpc) is 3.47. The Morgan fingerprint density at radius 1 is 0.571 bits per heavy atom. The number of hydrogen-bond donors (Lipinski definition) is 0. The Labute approximate surface area is 217 Å². The van der Waals surface area contributed by atoms with E-state index in [0.29, 0.717) is 0 Å². The molecule has 0 radical (unpaired) electrons. The average molecular weight is 492 g/mol. The first-order valence-electron chi connectivity index (χ1n) is 12.1. The molecule has 0 saturated carbocycles. The second kappa shape index (κ2) is 9.60. The van der Waals surface area contributed by atoms with Crippen LogP contribution in [0.2, 0.25) is 0 Å². The van der Waals surface area contributed by atoms with Crippen molar-refractivity contribution in [2.75, 3.05) is 0 Å². The molecule has 0 aliphatic heterocycles. The first-order chi connectivity index (χ1) is 16.8. The van der Waals surface area contributed by atoms with Gasteiger partial charge in [-0.15, -0.1) is 22.7 Å². The highest BCUT2D eigenvalue weighted by Gasteiger charge is 2.30. The van der Waals surface area contributed by atoms with Crippen molar-refractivity contribution >= 4 is 45.1 Å². The van der Waals surface area contributed by atoms with E-state index >= 15 is 0 Å². The summed E-state index contributed by atoms with van der Waals surface area (Å²) in [6.45, 7) is 13.7. The Hall–Kier alpha value is -2.95. The van der Waals surface area contributed by atoms with Crippen LogP contribution in [-0.2, 0) is 0 Å². The van der Waals surface area contributed by atoms with Crippen LogP contribution >= 0.6 is 22.7 Å². The van der Waals surface area contributed by atoms with E-state index in [1.54, 1.807) is 0 Å². The molecule has 0 saturated heterocycles. The molecule has 5 aromatic rings. The normalized spacial score (nSPS) is 11.1. The Balaban J connectivity index is 1.64. The molecule has 0 N–H and O–H groups in total. The van der Waals surface area contributed by atoms with Gasteiger partial charge in [-0.2, -0.15) is 0 Å². The zero-order chi connectivity index (χ0) is 24.7. The van der Waals surface area contributed by atoms with Crippen molar-refractivity contribution < 1.29 is 0 Å². The van der Waals surface area contributed by atoms with Gasteiger partial charge < -0.3 is 0 Å². The number of nitrogens with zero attached hydrogens (tertiary/aromatic N) is 1. The lowest BCUT2D eigenvalue weighted by atomic mass is 9.37. The Bertz CT molecular complexity index is 1410. The third-order valence-corrected chi connectivity index (χ3v) is 9.18. The van der Waals surface area contributed by atoms with Gasteiger partial charge in [0.2, 0.25) is 0 Å². The van der Waals surface area contributed by atoms with Crippen LogP contribution < -0.4 is 15.7 Å². The van der Waals surface area contributed by atoms with Gasteiger partial charge in [0, 0.05) is 16.0 Å². The minimum atomic E-state index is 0.227. The van der Waals surface area contributed by atoms with E-state index in [1.807, 2.05) is 41.0 Å². The zero-order valence-corrected chi connectivity index (χ0v) is 22.9. The fourth-order valence-electron chi connectivity index (χ4n) is 5.48. The highest BCUT2D eigenvalue weighted by Crippen LogP contribution is 2.35. The smallest absolute Gasteiger partial charge is 0.255 e. The van der Waals surface area contributed by atoms with Crippen LogP contribution in [-0.4, -0.2) is 11.7 Å². The summed E-state index contributed by atoms with van der Waals surface area (Å²) < 4.78 is 1.40. The lowest BCUT2D eigenvalue weighted by Crippen LogP contribution is -2.54. The summed E-state index contributed by atoms with van der Waals surface area (Å²) in [5, 5.41) is 0. The van der Waals surface area contributed by atoms with Crippen LogP contribution in [0.5, 0.6) is 0 Å². The number of rotatable bonds is 5. The summed E-state index contributed by atoms with van der Waals surface area (Å²) in [5.41, 5.74) is 12.1. The lowest BCUT2D eigenvalue weighted by molar-refractivity contribution is 1.34. The lowest BCUT2D eigenvalue weighted by Gasteiger charge is -2.23. The summed E-state index contributed by atoms with van der Waals surface area (Å²) in [5.74, 6) is 0. The highest BCUT2D eigenvalue weighted by molar-refractivity contribution is 7.31. The molecule has 0 bridgehead atoms. The molecule has 0 fully saturated rings. The van der Waals surface area contributed by atoms with Gasteiger partial charge in [-0.25, -0.2) is 0 Å². The fourth-order valence-corrected chi connectivity index (χ4v) is 7.68. The number of pyridine rings is 1. The Morgan fingerprint density at radius 3 is 1.63 bits per heavy atom. The first kappa shape index (κ1) is 23.8. The summed E-state index contributed by atoms with van der Waals surface area (Å²) in [7, 11) is 0. The summed E-state index contributed by atoms with van der Waals surface area (Å²) in [6.07, 6.45) is 1.86. The van der Waals surface area contributed by atoms with Gasteiger partial charge in [-0.3, -0.25) is 4.98 Å². The number of thiophene rings is 2. The minimum absolute atomic E-state index is 0.227. The van der Waals surface area contributed by atoms with Crippen LogP contribution in [0.15, 0.2) is 72.9 Å². The molecule has 0 aliphatic rings. The number of aromatic nitrogens is 1. The third-order valence-electron chi connectivity index (χ3n) is 6.73. The molecule has 5 rings (SSSR count). The van der Waals surface area contributed by atoms with Crippen LogP contribution in [0.25, 0.3) is 20.3 Å². The van der Waals surface area contributed by atoms with Gasteiger partial charge in [0.05, 0.1) is 10.6 Å². The van der Waals surface area contributed by atoms with E-state index in [0.717, 1.165) is 5.69 Å². The van der Waals surface area contributed by atoms with Crippen molar-refractivity contribution in [2.45, 2.75) is 41.5 Å². The van der Waals surface area contributed by atoms with Crippen molar-refractivity contribution in [2.24, 2.45) is 0 Å². The quantitative estimate of drug-likeness (QED) is 0.244. The van der Waals surface area contributed by atoms with E-state index in [1.165, 1.54) is 63.7 Å². The first-order valence-corrected chi connectivity index (χ1v) is 13.7. The molecule has 3 heterocycles. The SMILES string of the molecule is Cc1cc(C)c(B(c2ccc(-c3ccc(-c4ccccn4)s3)s2)c2c(C)cc(C)cc2C)c(C)c1. The van der Waals surface area contributed by atoms with Gasteiger partial charge in [-0.1, -0.05) is 80.7 Å². The Kier molecular flexibility index (Phi) is 6.52. The van der Waals surface area contributed by atoms with Gasteiger partial charge in [-0.05, 0) is 76.7 Å². The Morgan fingerprint density at radius 2 is 1.09 bits per heavy atom. The number of aryl methyl sites for hydroxylation is 6. The number of hydrogen-bond acceptors (Lipinski definition) is 3. The minimum Gasteiger partial charge on any atom is -0.255 e. The van der Waals surface area contributed by atoms with E-state index in [4.69, 9.17) is 0 Å². The van der Waals surface area contributed by atoms with Crippen molar-refractivity contribution in [1.82, 2.24) is 4.98 Å². The molecule has 174 valence electrons. The van der Waals surface area contributed by atoms with Gasteiger partial charge in [0.25, 0.3) is 6.71 Å². The molecule has 0 spiro atoms. The molecule has 4 heteroatoms. The van der Waals surface area contributed by atoms with Gasteiger partial charge >= 0.3 is 0 Å². The second-order valence-electron chi connectivity index (χ2n) is 9.64. The molecule has 1 nitrogen and oxygen atoms in total. The van der Waals surface area contributed by atoms with E-state index in [-0.39, 0.29) is 6.71 Å². The van der Waals surface area contributed by atoms with Crippen molar-refractivity contribution in [1.29, 1.82) is 0 Å². The summed E-state index contributed by atoms with van der Waals surface area (Å²) >= 11 is 3.75. The predicted molar refractivity (Wildman–Crippen MR) is 157 cm³/mol. The predicted octanol–water partition coefficient (Wildman–Crippen LogP) is 6.91.